The van der Waals surface area contributed by atoms with Gasteiger partial charge in [0.05, 0.1) is 18.4 Å². The van der Waals surface area contributed by atoms with Crippen LogP contribution >= 0.6 is 0 Å². The maximum absolute atomic E-state index is 12.3. The molecule has 0 spiro atoms. The van der Waals surface area contributed by atoms with E-state index in [1.165, 1.54) is 24.4 Å². The zero-order valence-electron chi connectivity index (χ0n) is 17.7. The van der Waals surface area contributed by atoms with Gasteiger partial charge in [0.1, 0.15) is 5.75 Å². The van der Waals surface area contributed by atoms with Crippen molar-refractivity contribution >= 4 is 23.6 Å². The number of benzene rings is 2. The third-order valence-corrected chi connectivity index (χ3v) is 4.17. The largest absolute Gasteiger partial charge is 0.505 e. The van der Waals surface area contributed by atoms with Crippen molar-refractivity contribution in [2.75, 3.05) is 7.11 Å². The Bertz CT molecular complexity index is 994. The van der Waals surface area contributed by atoms with Gasteiger partial charge in [-0.3, -0.25) is 0 Å². The molecular formula is C23H26N2O5. The number of phenols is 1. The molecule has 1 aliphatic rings. The Labute approximate surface area is 176 Å². The minimum absolute atomic E-state index is 0.141. The molecule has 2 aromatic carbocycles. The normalized spacial score (nSPS) is 14.3. The number of phenolic OH excluding ortho intramolecular Hbond substituents is 1. The molecule has 0 amide bonds. The summed E-state index contributed by atoms with van der Waals surface area (Å²) in [4.78, 5) is 12.3. The number of rotatable bonds is 4. The first kappa shape index (κ1) is 22.5. The van der Waals surface area contributed by atoms with E-state index in [4.69, 9.17) is 9.47 Å². The molecule has 0 bridgehead atoms. The predicted octanol–water partition coefficient (Wildman–Crippen LogP) is 5.29. The Morgan fingerprint density at radius 3 is 2.30 bits per heavy atom. The highest BCUT2D eigenvalue weighted by atomic mass is 16.5. The van der Waals surface area contributed by atoms with Gasteiger partial charge in [-0.1, -0.05) is 38.1 Å². The van der Waals surface area contributed by atoms with Gasteiger partial charge in [-0.25, -0.2) is 9.80 Å². The minimum Gasteiger partial charge on any atom is -0.505 e. The molecule has 30 heavy (non-hydrogen) atoms. The molecule has 0 saturated carbocycles. The molecule has 7 nitrogen and oxygen atoms in total. The third-order valence-electron chi connectivity index (χ3n) is 4.17. The standard InChI is InChI=1S/C21H20N2O5.C2H6/c1-4-15-17-14(19(24)18(21(26)27-3)23(15)22-5-2)11-12-16(20(17)25)28-13-9-7-6-8-10-13;1-2/h4-12,24-25H,1-3H3;1-2H3/b15-4+,22-5-;. The Kier molecular flexibility index (Phi) is 7.63. The van der Waals surface area contributed by atoms with Crippen LogP contribution in [-0.4, -0.2) is 34.5 Å². The van der Waals surface area contributed by atoms with Crippen LogP contribution in [0.25, 0.3) is 11.5 Å². The van der Waals surface area contributed by atoms with Crippen LogP contribution in [0.15, 0.2) is 59.3 Å². The molecule has 0 radical (unpaired) electrons. The zero-order valence-corrected chi connectivity index (χ0v) is 17.7. The van der Waals surface area contributed by atoms with Crippen LogP contribution in [0, 0.1) is 0 Å². The first-order chi connectivity index (χ1) is 14.5. The number of fused-ring (bicyclic) bond motifs is 1. The molecule has 0 atom stereocenters. The summed E-state index contributed by atoms with van der Waals surface area (Å²) in [6.07, 6.45) is 3.14. The fourth-order valence-corrected chi connectivity index (χ4v) is 2.96. The number of aromatic hydroxyl groups is 1. The van der Waals surface area contributed by atoms with E-state index in [1.54, 1.807) is 38.1 Å². The van der Waals surface area contributed by atoms with Crippen LogP contribution in [0.2, 0.25) is 0 Å². The summed E-state index contributed by atoms with van der Waals surface area (Å²) in [5.41, 5.74) is 0.834. The Hall–Kier alpha value is -3.74. The fraction of sp³-hybridized carbons (Fsp3) is 0.217. The van der Waals surface area contributed by atoms with Crippen LogP contribution in [0.1, 0.15) is 38.8 Å². The molecule has 1 aliphatic heterocycles. The number of allylic oxidation sites excluding steroid dienone is 1. The van der Waals surface area contributed by atoms with E-state index in [0.29, 0.717) is 17.0 Å². The molecule has 0 unspecified atom stereocenters. The van der Waals surface area contributed by atoms with E-state index in [2.05, 4.69) is 5.10 Å². The van der Waals surface area contributed by atoms with Crippen molar-refractivity contribution in [2.24, 2.45) is 5.10 Å². The quantitative estimate of drug-likeness (QED) is 0.525. The summed E-state index contributed by atoms with van der Waals surface area (Å²) < 4.78 is 10.6. The second-order valence-electron chi connectivity index (χ2n) is 5.80. The second-order valence-corrected chi connectivity index (χ2v) is 5.80. The molecule has 7 heteroatoms. The minimum atomic E-state index is -0.753. The number of hydrazone groups is 1. The number of hydrogen-bond acceptors (Lipinski definition) is 7. The number of methoxy groups -OCH3 is 1. The van der Waals surface area contributed by atoms with E-state index in [1.807, 2.05) is 32.0 Å². The van der Waals surface area contributed by atoms with E-state index in [-0.39, 0.29) is 28.5 Å². The van der Waals surface area contributed by atoms with Gasteiger partial charge in [-0.05, 0) is 38.1 Å². The van der Waals surface area contributed by atoms with Crippen molar-refractivity contribution in [1.29, 1.82) is 0 Å². The molecule has 0 aliphatic carbocycles. The predicted molar refractivity (Wildman–Crippen MR) is 117 cm³/mol. The van der Waals surface area contributed by atoms with Gasteiger partial charge in [0.25, 0.3) is 0 Å². The molecule has 1 heterocycles. The van der Waals surface area contributed by atoms with Crippen molar-refractivity contribution in [3.05, 3.63) is 65.4 Å². The van der Waals surface area contributed by atoms with Crippen LogP contribution < -0.4 is 4.74 Å². The zero-order chi connectivity index (χ0) is 22.3. The van der Waals surface area contributed by atoms with Gasteiger partial charge < -0.3 is 19.7 Å². The number of aliphatic hydroxyl groups is 1. The molecule has 0 saturated heterocycles. The van der Waals surface area contributed by atoms with Crippen LogP contribution in [0.4, 0.5) is 0 Å². The number of para-hydroxylation sites is 1. The first-order valence-electron chi connectivity index (χ1n) is 9.59. The SMILES string of the molecule is C/C=N\N1C(C(=O)OC)=C(O)c2ccc(Oc3ccccc3)c(O)c2/C1=C\C.CC. The molecular weight excluding hydrogens is 384 g/mol. The third kappa shape index (κ3) is 4.15. The van der Waals surface area contributed by atoms with Crippen molar-refractivity contribution in [3.63, 3.8) is 0 Å². The summed E-state index contributed by atoms with van der Waals surface area (Å²) in [6, 6.07) is 12.1. The average molecular weight is 410 g/mol. The molecule has 3 rings (SSSR count). The first-order valence-corrected chi connectivity index (χ1v) is 9.59. The number of carbonyl (C=O) groups excluding carboxylic acids is 1. The summed E-state index contributed by atoms with van der Waals surface area (Å²) in [5.74, 6) is -0.522. The second kappa shape index (κ2) is 10.2. The lowest BCUT2D eigenvalue weighted by molar-refractivity contribution is -0.137. The van der Waals surface area contributed by atoms with Crippen molar-refractivity contribution < 1.29 is 24.5 Å². The summed E-state index contributed by atoms with van der Waals surface area (Å²) in [5, 5.41) is 27.0. The number of nitrogens with zero attached hydrogens (tertiary/aromatic N) is 2. The van der Waals surface area contributed by atoms with Gasteiger partial charge >= 0.3 is 5.97 Å². The summed E-state index contributed by atoms with van der Waals surface area (Å²) >= 11 is 0. The summed E-state index contributed by atoms with van der Waals surface area (Å²) in [7, 11) is 1.22. The van der Waals surface area contributed by atoms with Crippen molar-refractivity contribution in [1.82, 2.24) is 5.01 Å². The number of esters is 1. The van der Waals surface area contributed by atoms with Crippen LogP contribution in [0.5, 0.6) is 17.2 Å². The topological polar surface area (TPSA) is 91.6 Å². The average Bonchev–Trinajstić information content (AvgIpc) is 2.78. The van der Waals surface area contributed by atoms with Gasteiger partial charge in [0, 0.05) is 11.8 Å². The molecule has 158 valence electrons. The lowest BCUT2D eigenvalue weighted by Gasteiger charge is -2.30. The molecule has 2 aromatic rings. The maximum Gasteiger partial charge on any atom is 0.360 e. The highest BCUT2D eigenvalue weighted by Crippen LogP contribution is 2.46. The van der Waals surface area contributed by atoms with Crippen LogP contribution in [0.3, 0.4) is 0 Å². The van der Waals surface area contributed by atoms with E-state index < -0.39 is 5.97 Å². The Balaban J connectivity index is 0.00000155. The Morgan fingerprint density at radius 2 is 1.73 bits per heavy atom. The highest BCUT2D eigenvalue weighted by molar-refractivity contribution is 6.02. The Morgan fingerprint density at radius 1 is 1.07 bits per heavy atom. The number of carbonyl (C=O) groups is 1. The van der Waals surface area contributed by atoms with Crippen LogP contribution in [-0.2, 0) is 9.53 Å². The van der Waals surface area contributed by atoms with E-state index >= 15 is 0 Å². The highest BCUT2D eigenvalue weighted by Gasteiger charge is 2.36. The molecule has 0 aromatic heterocycles. The monoisotopic (exact) mass is 410 g/mol. The number of aliphatic hydroxyl groups excluding tert-OH is 1. The van der Waals surface area contributed by atoms with Gasteiger partial charge in [0.15, 0.2) is 23.0 Å². The van der Waals surface area contributed by atoms with Crippen molar-refractivity contribution in [3.8, 4) is 17.2 Å². The van der Waals surface area contributed by atoms with Gasteiger partial charge in [0.2, 0.25) is 0 Å². The van der Waals surface area contributed by atoms with E-state index in [9.17, 15) is 15.0 Å². The van der Waals surface area contributed by atoms with E-state index in [0.717, 1.165) is 0 Å². The smallest absolute Gasteiger partial charge is 0.360 e. The van der Waals surface area contributed by atoms with Gasteiger partial charge in [-0.15, -0.1) is 0 Å². The lowest BCUT2D eigenvalue weighted by atomic mass is 9.95. The number of ether oxygens (including phenoxy) is 2. The maximum atomic E-state index is 12.3. The molecule has 2 N–H and O–H groups in total. The van der Waals surface area contributed by atoms with Crippen molar-refractivity contribution in [2.45, 2.75) is 27.7 Å². The molecule has 0 fully saturated rings. The van der Waals surface area contributed by atoms with Gasteiger partial charge in [-0.2, -0.15) is 5.10 Å². The fourth-order valence-electron chi connectivity index (χ4n) is 2.96. The number of hydrogen-bond donors (Lipinski definition) is 2. The summed E-state index contributed by atoms with van der Waals surface area (Å²) in [6.45, 7) is 7.41. The lowest BCUT2D eigenvalue weighted by Crippen LogP contribution is -2.28.